The number of ether oxygens (including phenoxy) is 1. The average molecular weight is 213 g/mol. The quantitative estimate of drug-likeness (QED) is 0.599. The predicted octanol–water partition coefficient (Wildman–Crippen LogP) is -1.12. The van der Waals surface area contributed by atoms with Crippen molar-refractivity contribution in [1.82, 2.24) is 9.80 Å². The molecule has 0 aromatic rings. The molecule has 5 heteroatoms. The number of nitrogens with two attached hydrogens (primary N) is 1. The van der Waals surface area contributed by atoms with E-state index in [4.69, 9.17) is 10.5 Å². The van der Waals surface area contributed by atoms with Gasteiger partial charge in [0.25, 0.3) is 0 Å². The summed E-state index contributed by atoms with van der Waals surface area (Å²) in [5, 5.41) is 0. The number of nitrogens with zero attached hydrogens (tertiary/aromatic N) is 2. The van der Waals surface area contributed by atoms with Crippen molar-refractivity contribution in [3.05, 3.63) is 0 Å². The van der Waals surface area contributed by atoms with Crippen molar-refractivity contribution in [3.63, 3.8) is 0 Å². The van der Waals surface area contributed by atoms with Crippen LogP contribution in [0.5, 0.6) is 0 Å². The SMILES string of the molecule is CC(N)C(=O)N1C[C@H]2OCCN(C)[C@H]2C1. The third-order valence-corrected chi connectivity index (χ3v) is 3.28. The Morgan fingerprint density at radius 3 is 2.87 bits per heavy atom. The standard InChI is InChI=1S/C10H19N3O2/c1-7(11)10(14)13-5-8-9(6-13)15-4-3-12(8)2/h7-9H,3-6,11H2,1-2H3/t7?,8-,9+/m0/s1. The maximum Gasteiger partial charge on any atom is 0.239 e. The molecule has 0 aromatic carbocycles. The molecule has 1 unspecified atom stereocenters. The molecule has 15 heavy (non-hydrogen) atoms. The monoisotopic (exact) mass is 213 g/mol. The van der Waals surface area contributed by atoms with Gasteiger partial charge in [0.15, 0.2) is 0 Å². The number of morpholine rings is 1. The molecule has 0 radical (unpaired) electrons. The van der Waals surface area contributed by atoms with Crippen LogP contribution in [0.3, 0.4) is 0 Å². The van der Waals surface area contributed by atoms with Crippen LogP contribution in [0, 0.1) is 0 Å². The molecule has 0 spiro atoms. The van der Waals surface area contributed by atoms with Crippen molar-refractivity contribution in [2.75, 3.05) is 33.3 Å². The minimum absolute atomic E-state index is 0.0291. The summed E-state index contributed by atoms with van der Waals surface area (Å²) in [7, 11) is 2.08. The highest BCUT2D eigenvalue weighted by molar-refractivity contribution is 5.81. The van der Waals surface area contributed by atoms with Gasteiger partial charge in [0.1, 0.15) is 0 Å². The summed E-state index contributed by atoms with van der Waals surface area (Å²) in [6.45, 7) is 4.88. The number of rotatable bonds is 1. The summed E-state index contributed by atoms with van der Waals surface area (Å²) >= 11 is 0. The number of likely N-dealkylation sites (N-methyl/N-ethyl adjacent to an activating group) is 1. The van der Waals surface area contributed by atoms with Gasteiger partial charge in [-0.2, -0.15) is 0 Å². The molecular weight excluding hydrogens is 194 g/mol. The second-order valence-corrected chi connectivity index (χ2v) is 4.49. The van der Waals surface area contributed by atoms with Crippen LogP contribution in [-0.2, 0) is 9.53 Å². The number of carbonyl (C=O) groups is 1. The molecule has 2 aliphatic rings. The Bertz CT molecular complexity index is 257. The van der Waals surface area contributed by atoms with Crippen molar-refractivity contribution in [3.8, 4) is 0 Å². The third kappa shape index (κ3) is 2.00. The molecule has 2 rings (SSSR count). The van der Waals surface area contributed by atoms with Crippen LogP contribution in [-0.4, -0.2) is 67.2 Å². The van der Waals surface area contributed by atoms with E-state index in [2.05, 4.69) is 11.9 Å². The van der Waals surface area contributed by atoms with Crippen LogP contribution >= 0.6 is 0 Å². The van der Waals surface area contributed by atoms with Gasteiger partial charge in [-0.3, -0.25) is 9.69 Å². The highest BCUT2D eigenvalue weighted by atomic mass is 16.5. The Balaban J connectivity index is 2.01. The molecule has 86 valence electrons. The fourth-order valence-corrected chi connectivity index (χ4v) is 2.33. The van der Waals surface area contributed by atoms with E-state index in [0.29, 0.717) is 12.6 Å². The zero-order chi connectivity index (χ0) is 11.0. The number of carbonyl (C=O) groups excluding carboxylic acids is 1. The van der Waals surface area contributed by atoms with E-state index < -0.39 is 6.04 Å². The number of amides is 1. The first-order chi connectivity index (χ1) is 7.09. The number of fused-ring (bicyclic) bond motifs is 1. The fourth-order valence-electron chi connectivity index (χ4n) is 2.33. The largest absolute Gasteiger partial charge is 0.373 e. The summed E-state index contributed by atoms with van der Waals surface area (Å²) in [5.74, 6) is 0.0291. The molecule has 3 atom stereocenters. The van der Waals surface area contributed by atoms with E-state index >= 15 is 0 Å². The molecule has 0 saturated carbocycles. The van der Waals surface area contributed by atoms with Crippen molar-refractivity contribution in [2.24, 2.45) is 5.73 Å². The maximum atomic E-state index is 11.7. The molecule has 1 amide bonds. The number of hydrogen-bond donors (Lipinski definition) is 1. The highest BCUT2D eigenvalue weighted by Gasteiger charge is 2.40. The molecule has 0 bridgehead atoms. The minimum Gasteiger partial charge on any atom is -0.373 e. The number of likely N-dealkylation sites (tertiary alicyclic amines) is 1. The van der Waals surface area contributed by atoms with Gasteiger partial charge in [0.2, 0.25) is 5.91 Å². The van der Waals surface area contributed by atoms with E-state index in [-0.39, 0.29) is 12.0 Å². The van der Waals surface area contributed by atoms with E-state index in [1.54, 1.807) is 6.92 Å². The smallest absolute Gasteiger partial charge is 0.239 e. The lowest BCUT2D eigenvalue weighted by molar-refractivity contribution is -0.131. The Hall–Kier alpha value is -0.650. The first-order valence-electron chi connectivity index (χ1n) is 5.46. The van der Waals surface area contributed by atoms with E-state index in [9.17, 15) is 4.79 Å². The van der Waals surface area contributed by atoms with Gasteiger partial charge in [-0.25, -0.2) is 0 Å². The van der Waals surface area contributed by atoms with Gasteiger partial charge < -0.3 is 15.4 Å². The molecule has 0 aliphatic carbocycles. The minimum atomic E-state index is -0.407. The Morgan fingerprint density at radius 1 is 1.53 bits per heavy atom. The topological polar surface area (TPSA) is 58.8 Å². The zero-order valence-electron chi connectivity index (χ0n) is 9.35. The van der Waals surface area contributed by atoms with Crippen molar-refractivity contribution >= 4 is 5.91 Å². The summed E-state index contributed by atoms with van der Waals surface area (Å²) in [6, 6.07) is -0.0584. The van der Waals surface area contributed by atoms with E-state index in [1.807, 2.05) is 4.90 Å². The molecule has 2 aliphatic heterocycles. The molecule has 2 N–H and O–H groups in total. The second kappa shape index (κ2) is 4.08. The average Bonchev–Trinajstić information content (AvgIpc) is 2.61. The summed E-state index contributed by atoms with van der Waals surface area (Å²) in [4.78, 5) is 15.8. The van der Waals surface area contributed by atoms with Crippen LogP contribution in [0.1, 0.15) is 6.92 Å². The van der Waals surface area contributed by atoms with Crippen LogP contribution in [0.4, 0.5) is 0 Å². The number of hydrogen-bond acceptors (Lipinski definition) is 4. The lowest BCUT2D eigenvalue weighted by atomic mass is 10.1. The van der Waals surface area contributed by atoms with Gasteiger partial charge >= 0.3 is 0 Å². The van der Waals surface area contributed by atoms with E-state index in [1.165, 1.54) is 0 Å². The molecule has 2 heterocycles. The van der Waals surface area contributed by atoms with Gasteiger partial charge in [-0.1, -0.05) is 0 Å². The first kappa shape index (κ1) is 10.9. The van der Waals surface area contributed by atoms with Crippen LogP contribution in [0.25, 0.3) is 0 Å². The van der Waals surface area contributed by atoms with Crippen molar-refractivity contribution in [1.29, 1.82) is 0 Å². The van der Waals surface area contributed by atoms with Gasteiger partial charge in [0, 0.05) is 19.6 Å². The fraction of sp³-hybridized carbons (Fsp3) is 0.900. The van der Waals surface area contributed by atoms with Gasteiger partial charge in [-0.05, 0) is 14.0 Å². The van der Waals surface area contributed by atoms with E-state index in [0.717, 1.165) is 19.7 Å². The Kier molecular flexibility index (Phi) is 2.95. The molecule has 2 fully saturated rings. The van der Waals surface area contributed by atoms with Crippen LogP contribution < -0.4 is 5.73 Å². The molecule has 2 saturated heterocycles. The third-order valence-electron chi connectivity index (χ3n) is 3.28. The van der Waals surface area contributed by atoms with Crippen LogP contribution in [0.15, 0.2) is 0 Å². The summed E-state index contributed by atoms with van der Waals surface area (Å²) in [6.07, 6.45) is 0.173. The lowest BCUT2D eigenvalue weighted by Crippen LogP contribution is -2.48. The predicted molar refractivity (Wildman–Crippen MR) is 56.4 cm³/mol. The highest BCUT2D eigenvalue weighted by Crippen LogP contribution is 2.21. The Morgan fingerprint density at radius 2 is 2.27 bits per heavy atom. The zero-order valence-corrected chi connectivity index (χ0v) is 9.35. The maximum absolute atomic E-state index is 11.7. The summed E-state index contributed by atoms with van der Waals surface area (Å²) in [5.41, 5.74) is 5.59. The van der Waals surface area contributed by atoms with Crippen LogP contribution in [0.2, 0.25) is 0 Å². The lowest BCUT2D eigenvalue weighted by Gasteiger charge is -2.33. The van der Waals surface area contributed by atoms with Crippen molar-refractivity contribution in [2.45, 2.75) is 25.1 Å². The summed E-state index contributed by atoms with van der Waals surface area (Å²) < 4.78 is 5.66. The van der Waals surface area contributed by atoms with Crippen molar-refractivity contribution < 1.29 is 9.53 Å². The normalized spacial score (nSPS) is 33.9. The second-order valence-electron chi connectivity index (χ2n) is 4.49. The molecular formula is C10H19N3O2. The Labute approximate surface area is 90.1 Å². The molecule has 5 nitrogen and oxygen atoms in total. The first-order valence-corrected chi connectivity index (χ1v) is 5.46. The van der Waals surface area contributed by atoms with Gasteiger partial charge in [0.05, 0.1) is 24.8 Å². The molecule has 0 aromatic heterocycles. The van der Waals surface area contributed by atoms with Gasteiger partial charge in [-0.15, -0.1) is 0 Å².